The van der Waals surface area contributed by atoms with E-state index in [4.69, 9.17) is 38.1 Å². The molecular weight excluding hydrogens is 369 g/mol. The summed E-state index contributed by atoms with van der Waals surface area (Å²) in [5.74, 6) is 1.92. The summed E-state index contributed by atoms with van der Waals surface area (Å²) >= 11 is 11.5. The van der Waals surface area contributed by atoms with Gasteiger partial charge in [0.05, 0.1) is 0 Å². The number of allylic oxidation sites excluding steroid dienone is 1. The van der Waals surface area contributed by atoms with Gasteiger partial charge in [-0.2, -0.15) is 0 Å². The predicted octanol–water partition coefficient (Wildman–Crippen LogP) is 6.56. The lowest BCUT2D eigenvalue weighted by molar-refractivity contribution is 0.272. The zero-order chi connectivity index (χ0) is 18.7. The van der Waals surface area contributed by atoms with E-state index in [1.54, 1.807) is 6.08 Å². The second-order valence-corrected chi connectivity index (χ2v) is 8.00. The average molecular weight is 390 g/mol. The van der Waals surface area contributed by atoms with Gasteiger partial charge in [-0.05, 0) is 47.2 Å². The van der Waals surface area contributed by atoms with Crippen molar-refractivity contribution in [2.24, 2.45) is 17.3 Å². The van der Waals surface area contributed by atoms with Crippen LogP contribution in [-0.4, -0.2) is 5.90 Å². The molecule has 1 aliphatic rings. The molecule has 0 saturated heterocycles. The highest BCUT2D eigenvalue weighted by Crippen LogP contribution is 2.60. The quantitative estimate of drug-likeness (QED) is 0.448. The summed E-state index contributed by atoms with van der Waals surface area (Å²) in [5, 5.41) is 8.25. The number of nitrogens with one attached hydrogen (secondary N) is 1. The van der Waals surface area contributed by atoms with Crippen LogP contribution in [0.3, 0.4) is 0 Å². The molecule has 5 heteroatoms. The van der Waals surface area contributed by atoms with Crippen LogP contribution in [0.5, 0.6) is 11.5 Å². The first kappa shape index (κ1) is 18.8. The van der Waals surface area contributed by atoms with Gasteiger partial charge in [0.25, 0.3) is 0 Å². The Hall–Kier alpha value is -1.97. The number of para-hydroxylation sites is 1. The largest absolute Gasteiger partial charge is 0.476 e. The minimum atomic E-state index is -0.0651. The first-order chi connectivity index (χ1) is 12.4. The normalized spacial score (nSPS) is 20.2. The standard InChI is InChI=1S/C21H21Cl2NO2/c1-21(2)17(12-18(22)23)19(21)20(24)25-13-14-7-6-10-16(11-14)26-15-8-4-3-5-9-15/h3-12,17,19,24H,13H2,1-2H3. The summed E-state index contributed by atoms with van der Waals surface area (Å²) in [4.78, 5) is 0. The maximum absolute atomic E-state index is 8.25. The van der Waals surface area contributed by atoms with E-state index in [1.165, 1.54) is 0 Å². The lowest BCUT2D eigenvalue weighted by atomic mass is 10.1. The molecule has 1 saturated carbocycles. The SMILES string of the molecule is CC1(C)C(C=C(Cl)Cl)C1C(=N)OCc1cccc(Oc2ccccc2)c1. The highest BCUT2D eigenvalue weighted by atomic mass is 35.5. The van der Waals surface area contributed by atoms with Crippen molar-refractivity contribution < 1.29 is 9.47 Å². The third-order valence-corrected chi connectivity index (χ3v) is 5.02. The molecule has 136 valence electrons. The van der Waals surface area contributed by atoms with E-state index in [0.717, 1.165) is 17.1 Å². The lowest BCUT2D eigenvalue weighted by Gasteiger charge is -2.10. The highest BCUT2D eigenvalue weighted by Gasteiger charge is 2.59. The van der Waals surface area contributed by atoms with Gasteiger partial charge in [-0.3, -0.25) is 5.41 Å². The van der Waals surface area contributed by atoms with E-state index < -0.39 is 0 Å². The smallest absolute Gasteiger partial charge is 0.185 e. The van der Waals surface area contributed by atoms with Crippen molar-refractivity contribution in [3.8, 4) is 11.5 Å². The van der Waals surface area contributed by atoms with Crippen LogP contribution >= 0.6 is 23.2 Å². The van der Waals surface area contributed by atoms with Crippen LogP contribution in [-0.2, 0) is 11.3 Å². The van der Waals surface area contributed by atoms with Gasteiger partial charge < -0.3 is 9.47 Å². The van der Waals surface area contributed by atoms with E-state index in [-0.39, 0.29) is 27.6 Å². The van der Waals surface area contributed by atoms with Gasteiger partial charge in [0.1, 0.15) is 22.6 Å². The van der Waals surface area contributed by atoms with Gasteiger partial charge in [-0.25, -0.2) is 0 Å². The summed E-state index contributed by atoms with van der Waals surface area (Å²) in [7, 11) is 0. The van der Waals surface area contributed by atoms with Crippen molar-refractivity contribution >= 4 is 29.1 Å². The molecule has 1 N–H and O–H groups in total. The number of benzene rings is 2. The van der Waals surface area contributed by atoms with E-state index >= 15 is 0 Å². The second-order valence-electron chi connectivity index (χ2n) is 7.00. The predicted molar refractivity (Wildman–Crippen MR) is 106 cm³/mol. The van der Waals surface area contributed by atoms with Crippen LogP contribution in [0.1, 0.15) is 19.4 Å². The van der Waals surface area contributed by atoms with E-state index in [0.29, 0.717) is 6.61 Å². The van der Waals surface area contributed by atoms with Crippen LogP contribution in [0.4, 0.5) is 0 Å². The molecule has 26 heavy (non-hydrogen) atoms. The van der Waals surface area contributed by atoms with Crippen LogP contribution < -0.4 is 4.74 Å². The number of halogens is 2. The van der Waals surface area contributed by atoms with Crippen LogP contribution in [0.2, 0.25) is 0 Å². The molecule has 0 aromatic heterocycles. The number of hydrogen-bond donors (Lipinski definition) is 1. The summed E-state index contributed by atoms with van der Waals surface area (Å²) in [6, 6.07) is 17.3. The van der Waals surface area contributed by atoms with Crippen molar-refractivity contribution in [3.05, 3.63) is 70.7 Å². The lowest BCUT2D eigenvalue weighted by Crippen LogP contribution is -2.09. The fourth-order valence-electron chi connectivity index (χ4n) is 3.20. The molecule has 2 aromatic rings. The Bertz CT molecular complexity index is 814. The first-order valence-corrected chi connectivity index (χ1v) is 9.19. The Balaban J connectivity index is 1.59. The molecule has 2 unspecified atom stereocenters. The Morgan fingerprint density at radius 3 is 2.46 bits per heavy atom. The average Bonchev–Trinajstić information content (AvgIpc) is 3.13. The summed E-state index contributed by atoms with van der Waals surface area (Å²) in [5.41, 5.74) is 0.883. The van der Waals surface area contributed by atoms with Gasteiger partial charge in [0.2, 0.25) is 0 Å². The molecular formula is C21H21Cl2NO2. The van der Waals surface area contributed by atoms with E-state index in [9.17, 15) is 0 Å². The first-order valence-electron chi connectivity index (χ1n) is 8.44. The Labute approximate surface area is 164 Å². The number of ether oxygens (including phenoxy) is 2. The minimum absolute atomic E-state index is 0.00116. The molecule has 2 aromatic carbocycles. The maximum atomic E-state index is 8.25. The zero-order valence-electron chi connectivity index (χ0n) is 14.7. The topological polar surface area (TPSA) is 42.3 Å². The van der Waals surface area contributed by atoms with Crippen LogP contribution in [0, 0.1) is 22.7 Å². The zero-order valence-corrected chi connectivity index (χ0v) is 16.2. The summed E-state index contributed by atoms with van der Waals surface area (Å²) < 4.78 is 11.8. The van der Waals surface area contributed by atoms with E-state index in [1.807, 2.05) is 54.6 Å². The highest BCUT2D eigenvalue weighted by molar-refractivity contribution is 6.55. The Morgan fingerprint density at radius 2 is 1.77 bits per heavy atom. The van der Waals surface area contributed by atoms with Crippen LogP contribution in [0.15, 0.2) is 65.2 Å². The summed E-state index contributed by atoms with van der Waals surface area (Å²) in [6.07, 6.45) is 1.79. The van der Waals surface area contributed by atoms with Crippen molar-refractivity contribution in [3.63, 3.8) is 0 Å². The second kappa shape index (κ2) is 7.73. The molecule has 2 atom stereocenters. The third kappa shape index (κ3) is 4.40. The van der Waals surface area contributed by atoms with Crippen LogP contribution in [0.25, 0.3) is 0 Å². The molecule has 3 rings (SSSR count). The fourth-order valence-corrected chi connectivity index (χ4v) is 3.47. The molecule has 0 radical (unpaired) electrons. The van der Waals surface area contributed by atoms with Gasteiger partial charge in [0, 0.05) is 5.92 Å². The maximum Gasteiger partial charge on any atom is 0.185 e. The van der Waals surface area contributed by atoms with Crippen molar-refractivity contribution in [1.29, 1.82) is 5.41 Å². The van der Waals surface area contributed by atoms with Crippen molar-refractivity contribution in [2.75, 3.05) is 0 Å². The molecule has 0 aliphatic heterocycles. The Kier molecular flexibility index (Phi) is 5.59. The number of rotatable bonds is 6. The van der Waals surface area contributed by atoms with Gasteiger partial charge >= 0.3 is 0 Å². The number of hydrogen-bond acceptors (Lipinski definition) is 3. The molecule has 0 bridgehead atoms. The molecule has 3 nitrogen and oxygen atoms in total. The molecule has 0 heterocycles. The van der Waals surface area contributed by atoms with Gasteiger partial charge in [0.15, 0.2) is 5.90 Å². The minimum Gasteiger partial charge on any atom is -0.476 e. The monoisotopic (exact) mass is 389 g/mol. The van der Waals surface area contributed by atoms with Gasteiger partial charge in [-0.15, -0.1) is 0 Å². The molecule has 1 fully saturated rings. The van der Waals surface area contributed by atoms with Gasteiger partial charge in [-0.1, -0.05) is 67.4 Å². The fraction of sp³-hybridized carbons (Fsp3) is 0.286. The third-order valence-electron chi connectivity index (χ3n) is 4.77. The molecule has 1 aliphatic carbocycles. The molecule has 0 spiro atoms. The Morgan fingerprint density at radius 1 is 1.08 bits per heavy atom. The van der Waals surface area contributed by atoms with Crippen molar-refractivity contribution in [1.82, 2.24) is 0 Å². The summed E-state index contributed by atoms with van der Waals surface area (Å²) in [6.45, 7) is 4.49. The van der Waals surface area contributed by atoms with Crippen molar-refractivity contribution in [2.45, 2.75) is 20.5 Å². The molecule has 0 amide bonds. The van der Waals surface area contributed by atoms with E-state index in [2.05, 4.69) is 13.8 Å².